The van der Waals surface area contributed by atoms with Crippen LogP contribution in [0.25, 0.3) is 0 Å². The van der Waals surface area contributed by atoms with Crippen LogP contribution in [0.4, 0.5) is 23.2 Å². The summed E-state index contributed by atoms with van der Waals surface area (Å²) in [6, 6.07) is 4.64. The van der Waals surface area contributed by atoms with Gasteiger partial charge in [0.2, 0.25) is 0 Å². The fourth-order valence-electron chi connectivity index (χ4n) is 2.01. The van der Waals surface area contributed by atoms with E-state index in [1.165, 1.54) is 12.1 Å². The Bertz CT molecular complexity index is 444. The molecule has 1 aromatic carbocycles. The second-order valence-corrected chi connectivity index (χ2v) is 5.36. The summed E-state index contributed by atoms with van der Waals surface area (Å²) >= 11 is 0. The molecule has 0 atom stereocenters. The van der Waals surface area contributed by atoms with Crippen LogP contribution in [0.5, 0.6) is 0 Å². The number of nitrogens with zero attached hydrogens (tertiary/aromatic N) is 1. The first kappa shape index (κ1) is 17.8. The highest BCUT2D eigenvalue weighted by molar-refractivity contribution is 5.49. The Hall–Kier alpha value is -1.30. The minimum atomic E-state index is -4.35. The average molecular weight is 306 g/mol. The Balaban J connectivity index is 2.89. The average Bonchev–Trinajstić information content (AvgIpc) is 2.34. The summed E-state index contributed by atoms with van der Waals surface area (Å²) in [5.41, 5.74) is 0.718. The molecule has 0 aliphatic carbocycles. The maximum atomic E-state index is 14.1. The second kappa shape index (κ2) is 7.64. The highest BCUT2D eigenvalue weighted by Gasteiger charge is 2.31. The molecule has 0 saturated heterocycles. The first-order valence-electron chi connectivity index (χ1n) is 7.06. The van der Waals surface area contributed by atoms with E-state index in [9.17, 15) is 17.6 Å². The van der Waals surface area contributed by atoms with Crippen molar-refractivity contribution in [2.45, 2.75) is 46.0 Å². The minimum Gasteiger partial charge on any atom is -0.360 e. The van der Waals surface area contributed by atoms with Crippen LogP contribution in [0.15, 0.2) is 18.2 Å². The molecule has 0 radical (unpaired) electrons. The smallest absolute Gasteiger partial charge is 0.360 e. The summed E-state index contributed by atoms with van der Waals surface area (Å²) in [5, 5.41) is 3.14. The van der Waals surface area contributed by atoms with Gasteiger partial charge in [0, 0.05) is 19.1 Å². The third kappa shape index (κ3) is 6.33. The van der Waals surface area contributed by atoms with E-state index >= 15 is 0 Å². The van der Waals surface area contributed by atoms with Gasteiger partial charge in [-0.15, -0.1) is 0 Å². The molecule has 2 nitrogen and oxygen atoms in total. The molecule has 0 amide bonds. The minimum absolute atomic E-state index is 0.00229. The van der Waals surface area contributed by atoms with Crippen molar-refractivity contribution in [2.75, 3.05) is 18.0 Å². The standard InChI is InChI=1S/C15H22F4N2/c1-4-7-21(10-15(17,18)19)14-6-5-12(8-13(14)16)9-20-11(2)3/h5-6,8,11,20H,4,7,9-10H2,1-3H3. The lowest BCUT2D eigenvalue weighted by molar-refractivity contribution is -0.119. The van der Waals surface area contributed by atoms with E-state index in [1.807, 2.05) is 13.8 Å². The molecule has 0 saturated carbocycles. The van der Waals surface area contributed by atoms with Gasteiger partial charge in [-0.25, -0.2) is 4.39 Å². The van der Waals surface area contributed by atoms with E-state index in [-0.39, 0.29) is 18.3 Å². The monoisotopic (exact) mass is 306 g/mol. The number of halogens is 4. The largest absolute Gasteiger partial charge is 0.405 e. The lowest BCUT2D eigenvalue weighted by Gasteiger charge is -2.26. The van der Waals surface area contributed by atoms with Crippen LogP contribution < -0.4 is 10.2 Å². The first-order valence-corrected chi connectivity index (χ1v) is 7.06. The Morgan fingerprint density at radius 1 is 1.24 bits per heavy atom. The number of nitrogens with one attached hydrogen (secondary N) is 1. The third-order valence-corrected chi connectivity index (χ3v) is 2.93. The summed E-state index contributed by atoms with van der Waals surface area (Å²) in [6.45, 7) is 5.22. The van der Waals surface area contributed by atoms with Crippen molar-refractivity contribution in [2.24, 2.45) is 0 Å². The lowest BCUT2D eigenvalue weighted by Crippen LogP contribution is -2.35. The Kier molecular flexibility index (Phi) is 6.45. The fraction of sp³-hybridized carbons (Fsp3) is 0.600. The maximum Gasteiger partial charge on any atom is 0.405 e. The molecule has 0 bridgehead atoms. The number of rotatable bonds is 7. The molecule has 21 heavy (non-hydrogen) atoms. The molecule has 120 valence electrons. The zero-order valence-electron chi connectivity index (χ0n) is 12.6. The van der Waals surface area contributed by atoms with Crippen LogP contribution in [0, 0.1) is 5.82 Å². The van der Waals surface area contributed by atoms with Crippen molar-refractivity contribution in [3.8, 4) is 0 Å². The van der Waals surface area contributed by atoms with Crippen molar-refractivity contribution >= 4 is 5.69 Å². The lowest BCUT2D eigenvalue weighted by atomic mass is 10.1. The van der Waals surface area contributed by atoms with Gasteiger partial charge in [0.1, 0.15) is 12.4 Å². The fourth-order valence-corrected chi connectivity index (χ4v) is 2.01. The molecular formula is C15H22F4N2. The Morgan fingerprint density at radius 2 is 1.90 bits per heavy atom. The van der Waals surface area contributed by atoms with Crippen LogP contribution in [0.2, 0.25) is 0 Å². The van der Waals surface area contributed by atoms with Gasteiger partial charge in [0.25, 0.3) is 0 Å². The summed E-state index contributed by atoms with van der Waals surface area (Å²) in [5.74, 6) is -0.615. The SMILES string of the molecule is CCCN(CC(F)(F)F)c1ccc(CNC(C)C)cc1F. The molecule has 0 aliphatic heterocycles. The van der Waals surface area contributed by atoms with Gasteiger partial charge in [-0.1, -0.05) is 26.8 Å². The van der Waals surface area contributed by atoms with Crippen molar-refractivity contribution < 1.29 is 17.6 Å². The van der Waals surface area contributed by atoms with Gasteiger partial charge in [-0.3, -0.25) is 0 Å². The van der Waals surface area contributed by atoms with E-state index in [4.69, 9.17) is 0 Å². The second-order valence-electron chi connectivity index (χ2n) is 5.36. The van der Waals surface area contributed by atoms with Crippen LogP contribution >= 0.6 is 0 Å². The molecular weight excluding hydrogens is 284 g/mol. The van der Waals surface area contributed by atoms with Crippen molar-refractivity contribution in [3.05, 3.63) is 29.6 Å². The molecule has 1 aromatic rings. The number of anilines is 1. The molecule has 0 aromatic heterocycles. The quantitative estimate of drug-likeness (QED) is 0.763. The molecule has 1 rings (SSSR count). The molecule has 0 spiro atoms. The molecule has 6 heteroatoms. The van der Waals surface area contributed by atoms with Gasteiger partial charge < -0.3 is 10.2 Å². The van der Waals surface area contributed by atoms with Crippen LogP contribution in [-0.2, 0) is 6.54 Å². The summed E-state index contributed by atoms with van der Waals surface area (Å²) in [7, 11) is 0. The molecule has 0 fully saturated rings. The summed E-state index contributed by atoms with van der Waals surface area (Å²) in [6.07, 6.45) is -3.83. The van der Waals surface area contributed by atoms with Crippen molar-refractivity contribution in [1.29, 1.82) is 0 Å². The van der Waals surface area contributed by atoms with E-state index in [0.717, 1.165) is 4.90 Å². The first-order chi connectivity index (χ1) is 9.73. The Labute approximate surface area is 123 Å². The maximum absolute atomic E-state index is 14.1. The van der Waals surface area contributed by atoms with E-state index in [0.29, 0.717) is 18.5 Å². The van der Waals surface area contributed by atoms with Gasteiger partial charge >= 0.3 is 6.18 Å². The van der Waals surface area contributed by atoms with Gasteiger partial charge in [-0.05, 0) is 24.1 Å². The number of hydrogen-bond donors (Lipinski definition) is 1. The number of benzene rings is 1. The highest BCUT2D eigenvalue weighted by atomic mass is 19.4. The van der Waals surface area contributed by atoms with Crippen LogP contribution in [0.3, 0.4) is 0 Å². The molecule has 0 aliphatic rings. The van der Waals surface area contributed by atoms with E-state index in [1.54, 1.807) is 13.0 Å². The van der Waals surface area contributed by atoms with Crippen molar-refractivity contribution in [1.82, 2.24) is 5.32 Å². The number of hydrogen-bond acceptors (Lipinski definition) is 2. The van der Waals surface area contributed by atoms with E-state index in [2.05, 4.69) is 5.32 Å². The predicted molar refractivity (Wildman–Crippen MR) is 76.9 cm³/mol. The zero-order valence-corrected chi connectivity index (χ0v) is 12.6. The van der Waals surface area contributed by atoms with Gasteiger partial charge in [-0.2, -0.15) is 13.2 Å². The van der Waals surface area contributed by atoms with Crippen molar-refractivity contribution in [3.63, 3.8) is 0 Å². The summed E-state index contributed by atoms with van der Waals surface area (Å²) in [4.78, 5) is 1.04. The zero-order chi connectivity index (χ0) is 16.0. The number of alkyl halides is 3. The van der Waals surface area contributed by atoms with Gasteiger partial charge in [0.15, 0.2) is 0 Å². The Morgan fingerprint density at radius 3 is 2.38 bits per heavy atom. The predicted octanol–water partition coefficient (Wildman–Crippen LogP) is 4.10. The van der Waals surface area contributed by atoms with Crippen LogP contribution in [-0.4, -0.2) is 25.3 Å². The highest BCUT2D eigenvalue weighted by Crippen LogP contribution is 2.25. The normalized spacial score (nSPS) is 12.0. The van der Waals surface area contributed by atoms with Crippen LogP contribution in [0.1, 0.15) is 32.8 Å². The molecule has 0 unspecified atom stereocenters. The summed E-state index contributed by atoms with van der Waals surface area (Å²) < 4.78 is 51.8. The van der Waals surface area contributed by atoms with Gasteiger partial charge in [0.05, 0.1) is 5.69 Å². The molecule has 1 N–H and O–H groups in total. The molecule has 0 heterocycles. The van der Waals surface area contributed by atoms with E-state index < -0.39 is 18.5 Å². The topological polar surface area (TPSA) is 15.3 Å². The third-order valence-electron chi connectivity index (χ3n) is 2.93.